The van der Waals surface area contributed by atoms with Crippen molar-refractivity contribution in [3.8, 4) is 11.5 Å². The predicted octanol–water partition coefficient (Wildman–Crippen LogP) is 3.03. The van der Waals surface area contributed by atoms with Crippen molar-refractivity contribution in [1.29, 1.82) is 0 Å². The van der Waals surface area contributed by atoms with Gasteiger partial charge in [0.25, 0.3) is 5.22 Å². The van der Waals surface area contributed by atoms with Crippen molar-refractivity contribution in [3.05, 3.63) is 41.5 Å². The molecule has 0 saturated heterocycles. The van der Waals surface area contributed by atoms with Crippen LogP contribution >= 0.6 is 11.8 Å². The quantitative estimate of drug-likeness (QED) is 0.683. The molecule has 0 unspecified atom stereocenters. The van der Waals surface area contributed by atoms with E-state index in [1.807, 2.05) is 31.2 Å². The van der Waals surface area contributed by atoms with E-state index in [9.17, 15) is 0 Å². The van der Waals surface area contributed by atoms with Gasteiger partial charge in [-0.1, -0.05) is 34.6 Å². The maximum absolute atomic E-state index is 5.60. The van der Waals surface area contributed by atoms with E-state index in [1.165, 1.54) is 11.8 Å². The van der Waals surface area contributed by atoms with Gasteiger partial charge in [-0.25, -0.2) is 0 Å². The standard InChI is InChI=1S/C13H12N4O2S/c1-8-4-3-5-10(6-8)12-15-16-13(18-12)20-7-11-14-9(2)17-19-11/h3-6H,7H2,1-2H3. The first-order valence-corrected chi connectivity index (χ1v) is 7.02. The lowest BCUT2D eigenvalue weighted by Gasteiger charge is -1.95. The maximum Gasteiger partial charge on any atom is 0.277 e. The predicted molar refractivity (Wildman–Crippen MR) is 73.1 cm³/mol. The van der Waals surface area contributed by atoms with Gasteiger partial charge in [-0.15, -0.1) is 10.2 Å². The average molecular weight is 288 g/mol. The number of nitrogens with zero attached hydrogens (tertiary/aromatic N) is 4. The summed E-state index contributed by atoms with van der Waals surface area (Å²) >= 11 is 1.37. The molecule has 0 radical (unpaired) electrons. The van der Waals surface area contributed by atoms with E-state index in [0.717, 1.165) is 11.1 Å². The van der Waals surface area contributed by atoms with Crippen LogP contribution in [0.5, 0.6) is 0 Å². The number of thioether (sulfide) groups is 1. The Morgan fingerprint density at radius 3 is 2.85 bits per heavy atom. The van der Waals surface area contributed by atoms with Gasteiger partial charge in [0.15, 0.2) is 5.82 Å². The lowest BCUT2D eigenvalue weighted by atomic mass is 10.1. The molecule has 0 atom stereocenters. The van der Waals surface area contributed by atoms with Gasteiger partial charge in [-0.05, 0) is 26.0 Å². The van der Waals surface area contributed by atoms with Crippen molar-refractivity contribution in [2.24, 2.45) is 0 Å². The highest BCUT2D eigenvalue weighted by Crippen LogP contribution is 2.25. The molecule has 6 nitrogen and oxygen atoms in total. The first-order valence-electron chi connectivity index (χ1n) is 6.03. The summed E-state index contributed by atoms with van der Waals surface area (Å²) in [5.74, 6) is 2.18. The minimum atomic E-state index is 0.484. The van der Waals surface area contributed by atoms with Crippen LogP contribution in [0.15, 0.2) is 38.4 Å². The Labute approximate surface area is 119 Å². The second-order valence-corrected chi connectivity index (χ2v) is 5.19. The molecular weight excluding hydrogens is 276 g/mol. The molecule has 0 aliphatic carbocycles. The van der Waals surface area contributed by atoms with E-state index in [4.69, 9.17) is 8.94 Å². The SMILES string of the molecule is Cc1cccc(-c2nnc(SCc3nc(C)no3)o2)c1. The van der Waals surface area contributed by atoms with Crippen LogP contribution in [0.3, 0.4) is 0 Å². The second-order valence-electron chi connectivity index (χ2n) is 4.27. The van der Waals surface area contributed by atoms with E-state index < -0.39 is 0 Å². The molecule has 0 aliphatic rings. The molecule has 3 aromatic rings. The van der Waals surface area contributed by atoms with Gasteiger partial charge in [-0.3, -0.25) is 0 Å². The van der Waals surface area contributed by atoms with Crippen molar-refractivity contribution >= 4 is 11.8 Å². The molecule has 3 rings (SSSR count). The lowest BCUT2D eigenvalue weighted by Crippen LogP contribution is -1.80. The van der Waals surface area contributed by atoms with Crippen LogP contribution in [0.4, 0.5) is 0 Å². The van der Waals surface area contributed by atoms with Gasteiger partial charge in [0.2, 0.25) is 11.8 Å². The summed E-state index contributed by atoms with van der Waals surface area (Å²) < 4.78 is 10.6. The van der Waals surface area contributed by atoms with Gasteiger partial charge in [0, 0.05) is 5.56 Å². The Morgan fingerprint density at radius 2 is 2.10 bits per heavy atom. The molecule has 0 saturated carbocycles. The summed E-state index contributed by atoms with van der Waals surface area (Å²) in [7, 11) is 0. The van der Waals surface area contributed by atoms with Crippen LogP contribution in [0, 0.1) is 13.8 Å². The van der Waals surface area contributed by atoms with E-state index in [2.05, 4.69) is 20.3 Å². The van der Waals surface area contributed by atoms with Gasteiger partial charge in [-0.2, -0.15) is 4.98 Å². The number of benzene rings is 1. The van der Waals surface area contributed by atoms with Crippen molar-refractivity contribution in [2.75, 3.05) is 0 Å². The molecule has 1 aromatic carbocycles. The van der Waals surface area contributed by atoms with E-state index >= 15 is 0 Å². The Kier molecular flexibility index (Phi) is 3.51. The highest BCUT2D eigenvalue weighted by Gasteiger charge is 2.11. The molecular formula is C13H12N4O2S. The highest BCUT2D eigenvalue weighted by atomic mass is 32.2. The summed E-state index contributed by atoms with van der Waals surface area (Å²) in [4.78, 5) is 4.11. The van der Waals surface area contributed by atoms with E-state index in [-0.39, 0.29) is 0 Å². The van der Waals surface area contributed by atoms with Crippen LogP contribution in [0.25, 0.3) is 11.5 Å². The topological polar surface area (TPSA) is 77.8 Å². The molecule has 2 aromatic heterocycles. The number of hydrogen-bond acceptors (Lipinski definition) is 7. The third kappa shape index (κ3) is 2.88. The van der Waals surface area contributed by atoms with E-state index in [0.29, 0.717) is 28.6 Å². The zero-order valence-electron chi connectivity index (χ0n) is 11.0. The van der Waals surface area contributed by atoms with Crippen molar-refractivity contribution in [2.45, 2.75) is 24.8 Å². The van der Waals surface area contributed by atoms with Crippen molar-refractivity contribution in [1.82, 2.24) is 20.3 Å². The Bertz CT molecular complexity index is 722. The minimum Gasteiger partial charge on any atom is -0.411 e. The smallest absolute Gasteiger partial charge is 0.277 e. The van der Waals surface area contributed by atoms with Gasteiger partial charge in [0.05, 0.1) is 5.75 Å². The molecule has 0 N–H and O–H groups in total. The summed E-state index contributed by atoms with van der Waals surface area (Å²) in [5, 5.41) is 12.3. The number of hydrogen-bond donors (Lipinski definition) is 0. The Morgan fingerprint density at radius 1 is 1.20 bits per heavy atom. The fourth-order valence-corrected chi connectivity index (χ4v) is 2.29. The average Bonchev–Trinajstić information content (AvgIpc) is 3.05. The zero-order chi connectivity index (χ0) is 13.9. The first kappa shape index (κ1) is 12.9. The molecule has 2 heterocycles. The molecule has 20 heavy (non-hydrogen) atoms. The summed E-state index contributed by atoms with van der Waals surface area (Å²) in [6.45, 7) is 3.80. The third-order valence-corrected chi connectivity index (χ3v) is 3.36. The number of rotatable bonds is 4. The van der Waals surface area contributed by atoms with Gasteiger partial charge in [0.1, 0.15) is 0 Å². The molecule has 7 heteroatoms. The Hall–Kier alpha value is -2.15. The minimum absolute atomic E-state index is 0.484. The number of aromatic nitrogens is 4. The molecule has 0 aliphatic heterocycles. The van der Waals surface area contributed by atoms with Crippen LogP contribution in [0.2, 0.25) is 0 Å². The lowest BCUT2D eigenvalue weighted by molar-refractivity contribution is 0.386. The fourth-order valence-electron chi connectivity index (χ4n) is 1.68. The van der Waals surface area contributed by atoms with Gasteiger partial charge < -0.3 is 8.94 Å². The molecule has 0 amide bonds. The third-order valence-electron chi connectivity index (χ3n) is 2.56. The number of aryl methyl sites for hydroxylation is 2. The monoisotopic (exact) mass is 288 g/mol. The fraction of sp³-hybridized carbons (Fsp3) is 0.231. The molecule has 0 spiro atoms. The summed E-state index contributed by atoms with van der Waals surface area (Å²) in [6.07, 6.45) is 0. The van der Waals surface area contributed by atoms with Crippen LogP contribution in [-0.2, 0) is 5.75 Å². The molecule has 102 valence electrons. The van der Waals surface area contributed by atoms with Crippen LogP contribution in [-0.4, -0.2) is 20.3 Å². The second kappa shape index (κ2) is 5.46. The normalized spacial score (nSPS) is 10.9. The van der Waals surface area contributed by atoms with Crippen molar-refractivity contribution in [3.63, 3.8) is 0 Å². The highest BCUT2D eigenvalue weighted by molar-refractivity contribution is 7.98. The van der Waals surface area contributed by atoms with Crippen LogP contribution in [0.1, 0.15) is 17.3 Å². The molecule has 0 bridgehead atoms. The maximum atomic E-state index is 5.60. The summed E-state index contributed by atoms with van der Waals surface area (Å²) in [5.41, 5.74) is 2.06. The molecule has 0 fully saturated rings. The van der Waals surface area contributed by atoms with Crippen LogP contribution < -0.4 is 0 Å². The first-order chi connectivity index (χ1) is 9.70. The van der Waals surface area contributed by atoms with Gasteiger partial charge >= 0.3 is 0 Å². The largest absolute Gasteiger partial charge is 0.411 e. The van der Waals surface area contributed by atoms with E-state index in [1.54, 1.807) is 6.92 Å². The summed E-state index contributed by atoms with van der Waals surface area (Å²) in [6, 6.07) is 7.93. The zero-order valence-corrected chi connectivity index (χ0v) is 11.8. The van der Waals surface area contributed by atoms with Crippen molar-refractivity contribution < 1.29 is 8.94 Å². The Balaban J connectivity index is 1.70.